The molecule has 3 rings (SSSR count). The summed E-state index contributed by atoms with van der Waals surface area (Å²) < 4.78 is 31.9. The summed E-state index contributed by atoms with van der Waals surface area (Å²) in [7, 11) is 0. The number of ether oxygens (including phenoxy) is 1. The lowest BCUT2D eigenvalue weighted by Crippen LogP contribution is -2.20. The average molecular weight is 334 g/mol. The van der Waals surface area contributed by atoms with E-state index in [4.69, 9.17) is 4.74 Å². The van der Waals surface area contributed by atoms with Crippen molar-refractivity contribution in [2.24, 2.45) is 0 Å². The van der Waals surface area contributed by atoms with Gasteiger partial charge in [0.2, 0.25) is 0 Å². The molecule has 1 aliphatic heterocycles. The van der Waals surface area contributed by atoms with Gasteiger partial charge in [0.1, 0.15) is 17.5 Å². The zero-order valence-electron chi connectivity index (χ0n) is 12.8. The summed E-state index contributed by atoms with van der Waals surface area (Å²) in [5, 5.41) is 13.1. The lowest BCUT2D eigenvalue weighted by Gasteiger charge is -2.11. The van der Waals surface area contributed by atoms with Crippen LogP contribution in [0.5, 0.6) is 0 Å². The van der Waals surface area contributed by atoms with Gasteiger partial charge in [0.25, 0.3) is 5.91 Å². The number of hydrogen-bond donors (Lipinski definition) is 2. The smallest absolute Gasteiger partial charge is 0.276 e. The van der Waals surface area contributed by atoms with Crippen LogP contribution >= 0.6 is 0 Å². The Morgan fingerprint density at radius 3 is 2.79 bits per heavy atom. The Labute approximate surface area is 137 Å². The van der Waals surface area contributed by atoms with E-state index in [1.165, 1.54) is 6.07 Å². The summed E-state index contributed by atoms with van der Waals surface area (Å²) in [5.41, 5.74) is -0.0924. The molecule has 1 aromatic carbocycles. The van der Waals surface area contributed by atoms with E-state index in [1.807, 2.05) is 0 Å². The van der Waals surface area contributed by atoms with Crippen LogP contribution in [0.4, 0.5) is 20.3 Å². The number of anilines is 2. The zero-order valence-corrected chi connectivity index (χ0v) is 12.8. The molecule has 0 aliphatic carbocycles. The fourth-order valence-corrected chi connectivity index (χ4v) is 2.35. The summed E-state index contributed by atoms with van der Waals surface area (Å²) >= 11 is 0. The number of hydrogen-bond acceptors (Lipinski definition) is 5. The van der Waals surface area contributed by atoms with E-state index < -0.39 is 17.5 Å². The number of amides is 1. The molecule has 126 valence electrons. The van der Waals surface area contributed by atoms with E-state index in [9.17, 15) is 13.6 Å². The highest BCUT2D eigenvalue weighted by Crippen LogP contribution is 2.16. The minimum Gasteiger partial charge on any atom is -0.376 e. The van der Waals surface area contributed by atoms with Crippen LogP contribution in [0.25, 0.3) is 0 Å². The van der Waals surface area contributed by atoms with Crippen molar-refractivity contribution in [3.8, 4) is 0 Å². The maximum Gasteiger partial charge on any atom is 0.276 e. The van der Waals surface area contributed by atoms with E-state index in [1.54, 1.807) is 6.07 Å². The third kappa shape index (κ3) is 4.02. The zero-order chi connectivity index (χ0) is 16.9. The highest BCUT2D eigenvalue weighted by molar-refractivity contribution is 6.02. The summed E-state index contributed by atoms with van der Waals surface area (Å²) in [6.07, 6.45) is 2.22. The number of halogens is 2. The van der Waals surface area contributed by atoms with Crippen LogP contribution in [0.1, 0.15) is 23.3 Å². The van der Waals surface area contributed by atoms with E-state index >= 15 is 0 Å². The Hall–Kier alpha value is -2.61. The van der Waals surface area contributed by atoms with Crippen molar-refractivity contribution in [1.82, 2.24) is 10.2 Å². The van der Waals surface area contributed by atoms with Crippen LogP contribution in [-0.2, 0) is 4.74 Å². The predicted octanol–water partition coefficient (Wildman–Crippen LogP) is 2.60. The third-order valence-electron chi connectivity index (χ3n) is 3.61. The van der Waals surface area contributed by atoms with Gasteiger partial charge < -0.3 is 15.4 Å². The van der Waals surface area contributed by atoms with Gasteiger partial charge in [0, 0.05) is 19.2 Å². The number of benzene rings is 1. The predicted molar refractivity (Wildman–Crippen MR) is 83.8 cm³/mol. The summed E-state index contributed by atoms with van der Waals surface area (Å²) in [4.78, 5) is 12.0. The maximum absolute atomic E-state index is 13.5. The van der Waals surface area contributed by atoms with Crippen LogP contribution in [-0.4, -0.2) is 35.4 Å². The van der Waals surface area contributed by atoms with Crippen molar-refractivity contribution < 1.29 is 18.3 Å². The number of nitrogens with one attached hydrogen (secondary N) is 2. The molecule has 2 aromatic rings. The first-order valence-electron chi connectivity index (χ1n) is 7.57. The van der Waals surface area contributed by atoms with E-state index in [2.05, 4.69) is 20.8 Å². The first-order chi connectivity index (χ1) is 11.6. The number of carbonyl (C=O) groups excluding carboxylic acids is 1. The van der Waals surface area contributed by atoms with Crippen molar-refractivity contribution in [2.45, 2.75) is 18.9 Å². The van der Waals surface area contributed by atoms with Crippen molar-refractivity contribution in [2.75, 3.05) is 23.8 Å². The Kier molecular flexibility index (Phi) is 4.95. The minimum atomic E-state index is -0.855. The Balaban J connectivity index is 1.58. The lowest BCUT2D eigenvalue weighted by atomic mass is 10.2. The minimum absolute atomic E-state index is 0.0291. The van der Waals surface area contributed by atoms with Gasteiger partial charge in [0.05, 0.1) is 11.8 Å². The quantitative estimate of drug-likeness (QED) is 0.879. The number of aromatic nitrogens is 2. The molecule has 1 amide bonds. The molecule has 0 saturated carbocycles. The fourth-order valence-electron chi connectivity index (χ4n) is 2.35. The van der Waals surface area contributed by atoms with Gasteiger partial charge in [-0.3, -0.25) is 4.79 Å². The summed E-state index contributed by atoms with van der Waals surface area (Å²) in [5.74, 6) is -1.67. The highest BCUT2D eigenvalue weighted by Gasteiger charge is 2.16. The Morgan fingerprint density at radius 2 is 2.12 bits per heavy atom. The van der Waals surface area contributed by atoms with E-state index in [0.717, 1.165) is 31.6 Å². The molecule has 1 unspecified atom stereocenters. The Morgan fingerprint density at radius 1 is 1.25 bits per heavy atom. The molecule has 1 aliphatic rings. The number of nitrogens with zero attached hydrogens (tertiary/aromatic N) is 2. The van der Waals surface area contributed by atoms with Crippen molar-refractivity contribution in [1.29, 1.82) is 0 Å². The molecule has 24 heavy (non-hydrogen) atoms. The second-order valence-electron chi connectivity index (χ2n) is 5.40. The molecule has 1 fully saturated rings. The summed E-state index contributed by atoms with van der Waals surface area (Å²) in [6.45, 7) is 1.40. The lowest BCUT2D eigenvalue weighted by molar-refractivity contribution is 0.102. The van der Waals surface area contributed by atoms with Gasteiger partial charge >= 0.3 is 0 Å². The maximum atomic E-state index is 13.5. The molecule has 8 heteroatoms. The number of carbonyl (C=O) groups is 1. The van der Waals surface area contributed by atoms with Gasteiger partial charge in [-0.05, 0) is 37.1 Å². The molecule has 1 saturated heterocycles. The fraction of sp³-hybridized carbons (Fsp3) is 0.312. The molecule has 6 nitrogen and oxygen atoms in total. The largest absolute Gasteiger partial charge is 0.376 e. The van der Waals surface area contributed by atoms with Crippen LogP contribution in [0.15, 0.2) is 30.3 Å². The standard InChI is InChI=1S/C16H16F2N4O2/c17-10-3-4-13(12(18)8-10)20-16(23)14-5-6-15(22-21-14)19-9-11-2-1-7-24-11/h3-6,8,11H,1-2,7,9H2,(H,19,22)(H,20,23). The molecule has 0 bridgehead atoms. The molecule has 2 heterocycles. The molecular weight excluding hydrogens is 318 g/mol. The first-order valence-corrected chi connectivity index (χ1v) is 7.57. The molecular formula is C16H16F2N4O2. The SMILES string of the molecule is O=C(Nc1ccc(F)cc1F)c1ccc(NCC2CCCO2)nn1. The van der Waals surface area contributed by atoms with Crippen LogP contribution in [0, 0.1) is 11.6 Å². The molecule has 1 atom stereocenters. The van der Waals surface area contributed by atoms with E-state index in [0.29, 0.717) is 18.4 Å². The topological polar surface area (TPSA) is 76.1 Å². The molecule has 1 aromatic heterocycles. The normalized spacial score (nSPS) is 16.8. The van der Waals surface area contributed by atoms with Gasteiger partial charge in [-0.1, -0.05) is 0 Å². The van der Waals surface area contributed by atoms with Gasteiger partial charge in [-0.15, -0.1) is 10.2 Å². The Bertz CT molecular complexity index is 719. The second-order valence-corrected chi connectivity index (χ2v) is 5.40. The second kappa shape index (κ2) is 7.31. The van der Waals surface area contributed by atoms with E-state index in [-0.39, 0.29) is 17.5 Å². The van der Waals surface area contributed by atoms with Crippen LogP contribution in [0.3, 0.4) is 0 Å². The van der Waals surface area contributed by atoms with Gasteiger partial charge in [-0.2, -0.15) is 0 Å². The molecule has 0 radical (unpaired) electrons. The molecule has 0 spiro atoms. The van der Waals surface area contributed by atoms with Crippen LogP contribution < -0.4 is 10.6 Å². The number of rotatable bonds is 5. The van der Waals surface area contributed by atoms with Crippen molar-refractivity contribution in [3.05, 3.63) is 47.7 Å². The first kappa shape index (κ1) is 16.3. The van der Waals surface area contributed by atoms with Crippen molar-refractivity contribution in [3.63, 3.8) is 0 Å². The van der Waals surface area contributed by atoms with Gasteiger partial charge in [0.15, 0.2) is 5.69 Å². The van der Waals surface area contributed by atoms with Crippen molar-refractivity contribution >= 4 is 17.4 Å². The monoisotopic (exact) mass is 334 g/mol. The highest BCUT2D eigenvalue weighted by atomic mass is 19.1. The van der Waals surface area contributed by atoms with Gasteiger partial charge in [-0.25, -0.2) is 8.78 Å². The summed E-state index contributed by atoms with van der Waals surface area (Å²) in [6, 6.07) is 5.98. The third-order valence-corrected chi connectivity index (χ3v) is 3.61. The van der Waals surface area contributed by atoms with Crippen LogP contribution in [0.2, 0.25) is 0 Å². The molecule has 2 N–H and O–H groups in total. The average Bonchev–Trinajstić information content (AvgIpc) is 3.09.